The summed E-state index contributed by atoms with van der Waals surface area (Å²) in [6, 6.07) is 2.07. The molecule has 1 unspecified atom stereocenters. The number of aromatic nitrogens is 4. The number of nitrogens with zero attached hydrogens (tertiary/aromatic N) is 4. The van der Waals surface area contributed by atoms with Crippen LogP contribution < -0.4 is 5.32 Å². The maximum Gasteiger partial charge on any atom is 0.261 e. The van der Waals surface area contributed by atoms with Crippen LogP contribution in [0.1, 0.15) is 33.5 Å². The van der Waals surface area contributed by atoms with Gasteiger partial charge in [0.15, 0.2) is 0 Å². The van der Waals surface area contributed by atoms with Crippen molar-refractivity contribution >= 4 is 29.0 Å². The minimum absolute atomic E-state index is 0.0312. The molecule has 0 aliphatic heterocycles. The highest BCUT2D eigenvalue weighted by atomic mass is 32.2. The van der Waals surface area contributed by atoms with Crippen LogP contribution in [0.5, 0.6) is 0 Å². The fourth-order valence-electron chi connectivity index (χ4n) is 2.56. The van der Waals surface area contributed by atoms with Gasteiger partial charge in [0.05, 0.1) is 4.88 Å². The van der Waals surface area contributed by atoms with Crippen molar-refractivity contribution in [1.29, 1.82) is 0 Å². The zero-order valence-corrected chi connectivity index (χ0v) is 14.3. The highest BCUT2D eigenvalue weighted by Crippen LogP contribution is 2.32. The molecule has 0 radical (unpaired) electrons. The maximum absolute atomic E-state index is 12.2. The number of thiophene rings is 1. The van der Waals surface area contributed by atoms with E-state index in [0.717, 1.165) is 34.5 Å². The third-order valence-electron chi connectivity index (χ3n) is 3.75. The normalized spacial score (nSPS) is 17.3. The second kappa shape index (κ2) is 6.78. The number of amides is 1. The van der Waals surface area contributed by atoms with Crippen LogP contribution in [0.4, 0.5) is 0 Å². The smallest absolute Gasteiger partial charge is 0.261 e. The van der Waals surface area contributed by atoms with Crippen molar-refractivity contribution in [1.82, 2.24) is 25.5 Å². The molecule has 8 heteroatoms. The fourth-order valence-corrected chi connectivity index (χ4v) is 4.38. The largest absolute Gasteiger partial charge is 0.350 e. The lowest BCUT2D eigenvalue weighted by Crippen LogP contribution is -2.25. The minimum atomic E-state index is 0.0312. The van der Waals surface area contributed by atoms with E-state index < -0.39 is 0 Å². The number of tetrazole rings is 1. The summed E-state index contributed by atoms with van der Waals surface area (Å²) in [4.78, 5) is 14.4. The lowest BCUT2D eigenvalue weighted by atomic mass is 9.90. The van der Waals surface area contributed by atoms with Crippen LogP contribution in [0.15, 0.2) is 11.2 Å². The van der Waals surface area contributed by atoms with Crippen LogP contribution in [0.3, 0.4) is 0 Å². The Hall–Kier alpha value is -1.41. The number of thioether (sulfide) groups is 1. The second-order valence-corrected chi connectivity index (χ2v) is 7.80. The van der Waals surface area contributed by atoms with Crippen molar-refractivity contribution in [2.45, 2.75) is 31.3 Å². The van der Waals surface area contributed by atoms with Gasteiger partial charge >= 0.3 is 0 Å². The van der Waals surface area contributed by atoms with E-state index in [9.17, 15) is 4.79 Å². The Labute approximate surface area is 137 Å². The number of nitrogens with one attached hydrogen (secondary N) is 1. The zero-order valence-electron chi connectivity index (χ0n) is 12.7. The topological polar surface area (TPSA) is 72.7 Å². The molecule has 0 bridgehead atoms. The third kappa shape index (κ3) is 3.49. The molecular formula is C14H19N5OS2. The molecule has 0 spiro atoms. The Bertz CT molecular complexity index is 666. The summed E-state index contributed by atoms with van der Waals surface area (Å²) in [5, 5.41) is 15.0. The molecule has 22 heavy (non-hydrogen) atoms. The van der Waals surface area contributed by atoms with Crippen molar-refractivity contribution in [3.8, 4) is 0 Å². The molecule has 6 nitrogen and oxygen atoms in total. The molecule has 1 atom stereocenters. The molecule has 1 aliphatic carbocycles. The van der Waals surface area contributed by atoms with Crippen LogP contribution >= 0.6 is 23.1 Å². The Kier molecular flexibility index (Phi) is 4.77. The molecule has 3 rings (SSSR count). The van der Waals surface area contributed by atoms with Gasteiger partial charge in [-0.15, -0.1) is 16.4 Å². The van der Waals surface area contributed by atoms with Gasteiger partial charge in [-0.05, 0) is 47.2 Å². The molecule has 0 saturated heterocycles. The summed E-state index contributed by atoms with van der Waals surface area (Å²) < 4.78 is 1.63. The maximum atomic E-state index is 12.2. The van der Waals surface area contributed by atoms with Crippen molar-refractivity contribution < 1.29 is 4.79 Å². The quantitative estimate of drug-likeness (QED) is 0.666. The average Bonchev–Trinajstić information content (AvgIpc) is 3.09. The van der Waals surface area contributed by atoms with Crippen molar-refractivity contribution in [3.63, 3.8) is 0 Å². The first-order valence-electron chi connectivity index (χ1n) is 7.38. The standard InChI is InChI=1S/C14H19N5OS2/c1-9-3-4-11-10(7-9)8-12(22-11)13(20)15-5-6-21-14-16-17-18-19(14)2/h8-9H,3-7H2,1-2H3,(H,15,20). The monoisotopic (exact) mass is 337 g/mol. The van der Waals surface area contributed by atoms with Gasteiger partial charge in [-0.1, -0.05) is 18.7 Å². The summed E-state index contributed by atoms with van der Waals surface area (Å²) in [5.74, 6) is 1.51. The van der Waals surface area contributed by atoms with E-state index in [4.69, 9.17) is 0 Å². The number of carbonyl (C=O) groups is 1. The Morgan fingerprint density at radius 1 is 1.59 bits per heavy atom. The van der Waals surface area contributed by atoms with E-state index in [-0.39, 0.29) is 5.91 Å². The average molecular weight is 337 g/mol. The highest BCUT2D eigenvalue weighted by Gasteiger charge is 2.20. The summed E-state index contributed by atoms with van der Waals surface area (Å²) in [5.41, 5.74) is 1.37. The van der Waals surface area contributed by atoms with Crippen molar-refractivity contribution in [2.24, 2.45) is 13.0 Å². The van der Waals surface area contributed by atoms with E-state index in [1.54, 1.807) is 23.1 Å². The molecule has 1 aliphatic rings. The number of hydrogen-bond donors (Lipinski definition) is 1. The molecule has 2 aromatic heterocycles. The van der Waals surface area contributed by atoms with Crippen LogP contribution in [0, 0.1) is 5.92 Å². The molecule has 2 aromatic rings. The van der Waals surface area contributed by atoms with Crippen molar-refractivity contribution in [3.05, 3.63) is 21.4 Å². The fraction of sp³-hybridized carbons (Fsp3) is 0.571. The summed E-state index contributed by atoms with van der Waals surface area (Å²) in [6.07, 6.45) is 3.45. The first-order chi connectivity index (χ1) is 10.6. The molecule has 1 N–H and O–H groups in total. The number of rotatable bonds is 5. The lowest BCUT2D eigenvalue weighted by molar-refractivity contribution is 0.0960. The van der Waals surface area contributed by atoms with Gasteiger partial charge in [0.2, 0.25) is 5.16 Å². The molecule has 2 heterocycles. The van der Waals surface area contributed by atoms with E-state index in [2.05, 4.69) is 33.8 Å². The van der Waals surface area contributed by atoms with Crippen molar-refractivity contribution in [2.75, 3.05) is 12.3 Å². The van der Waals surface area contributed by atoms with Gasteiger partial charge in [0.25, 0.3) is 5.91 Å². The predicted octanol–water partition coefficient (Wildman–Crippen LogP) is 1.92. The SMILES string of the molecule is CC1CCc2sc(C(=O)NCCSc3nnnn3C)cc2C1. The minimum Gasteiger partial charge on any atom is -0.350 e. The van der Waals surface area contributed by atoms with Crippen LogP contribution in [-0.4, -0.2) is 38.4 Å². The highest BCUT2D eigenvalue weighted by molar-refractivity contribution is 7.99. The molecule has 1 amide bonds. The molecule has 0 fully saturated rings. The first kappa shape index (κ1) is 15.5. The summed E-state index contributed by atoms with van der Waals surface area (Å²) >= 11 is 3.18. The number of fused-ring (bicyclic) bond motifs is 1. The van der Waals surface area contributed by atoms with E-state index >= 15 is 0 Å². The van der Waals surface area contributed by atoms with Gasteiger partial charge in [-0.25, -0.2) is 4.68 Å². The summed E-state index contributed by atoms with van der Waals surface area (Å²) in [6.45, 7) is 2.88. The molecule has 0 aromatic carbocycles. The van der Waals surface area contributed by atoms with E-state index in [0.29, 0.717) is 6.54 Å². The van der Waals surface area contributed by atoms with Gasteiger partial charge in [0.1, 0.15) is 0 Å². The van der Waals surface area contributed by atoms with Crippen LogP contribution in [0.25, 0.3) is 0 Å². The number of aryl methyl sites for hydroxylation is 2. The predicted molar refractivity (Wildman–Crippen MR) is 87.4 cm³/mol. The third-order valence-corrected chi connectivity index (χ3v) is 6.00. The van der Waals surface area contributed by atoms with E-state index in [1.807, 2.05) is 0 Å². The summed E-state index contributed by atoms with van der Waals surface area (Å²) in [7, 11) is 1.80. The van der Waals surface area contributed by atoms with Crippen LogP contribution in [-0.2, 0) is 19.9 Å². The van der Waals surface area contributed by atoms with Gasteiger partial charge in [-0.2, -0.15) is 0 Å². The lowest BCUT2D eigenvalue weighted by Gasteiger charge is -2.16. The second-order valence-electron chi connectivity index (χ2n) is 5.60. The Morgan fingerprint density at radius 2 is 2.45 bits per heavy atom. The number of carbonyl (C=O) groups excluding carboxylic acids is 1. The van der Waals surface area contributed by atoms with E-state index in [1.165, 1.54) is 28.6 Å². The molecule has 0 saturated carbocycles. The zero-order chi connectivity index (χ0) is 15.5. The van der Waals surface area contributed by atoms with Crippen LogP contribution in [0.2, 0.25) is 0 Å². The Morgan fingerprint density at radius 3 is 3.23 bits per heavy atom. The molecular weight excluding hydrogens is 318 g/mol. The first-order valence-corrected chi connectivity index (χ1v) is 9.18. The number of hydrogen-bond acceptors (Lipinski definition) is 6. The van der Waals surface area contributed by atoms with Gasteiger partial charge in [0, 0.05) is 24.2 Å². The Balaban J connectivity index is 1.49. The van der Waals surface area contributed by atoms with Gasteiger partial charge < -0.3 is 5.32 Å². The van der Waals surface area contributed by atoms with Gasteiger partial charge in [-0.3, -0.25) is 4.79 Å². The molecule has 118 valence electrons.